The first-order chi connectivity index (χ1) is 24.0. The summed E-state index contributed by atoms with van der Waals surface area (Å²) >= 11 is 0. The summed E-state index contributed by atoms with van der Waals surface area (Å²) in [6.45, 7) is 11.4. The van der Waals surface area contributed by atoms with Gasteiger partial charge in [-0.25, -0.2) is 14.4 Å². The molecule has 1 aliphatic carbocycles. The number of aryl methyl sites for hydroxylation is 1. The molecule has 0 atom stereocenters. The molecule has 0 spiro atoms. The summed E-state index contributed by atoms with van der Waals surface area (Å²) < 4.78 is 18.1. The number of anilines is 3. The molecule has 2 aromatic carbocycles. The molecule has 1 aliphatic heterocycles. The van der Waals surface area contributed by atoms with E-state index in [-0.39, 0.29) is 16.8 Å². The number of rotatable bonds is 9. The van der Waals surface area contributed by atoms with E-state index in [0.717, 1.165) is 56.8 Å². The minimum absolute atomic E-state index is 0.00906. The number of nitrogens with zero attached hydrogens (tertiary/aromatic N) is 6. The van der Waals surface area contributed by atoms with Crippen LogP contribution in [0, 0.1) is 11.2 Å². The third-order valence-corrected chi connectivity index (χ3v) is 9.85. The lowest BCUT2D eigenvalue weighted by Crippen LogP contribution is -2.47. The zero-order valence-electron chi connectivity index (χ0n) is 29.1. The summed E-state index contributed by atoms with van der Waals surface area (Å²) in [6.07, 6.45) is 8.25. The number of hydrogen-bond donors (Lipinski definition) is 2. The second-order valence-corrected chi connectivity index (χ2v) is 14.8. The average molecular weight is 678 g/mol. The van der Waals surface area contributed by atoms with Gasteiger partial charge in [-0.05, 0) is 78.4 Å². The van der Waals surface area contributed by atoms with Crippen LogP contribution in [0.15, 0.2) is 76.7 Å². The predicted molar refractivity (Wildman–Crippen MR) is 196 cm³/mol. The van der Waals surface area contributed by atoms with Crippen molar-refractivity contribution < 1.29 is 9.50 Å². The molecule has 5 aromatic rings. The number of fused-ring (bicyclic) bond motifs is 1. The van der Waals surface area contributed by atoms with Crippen LogP contribution in [0.3, 0.4) is 0 Å². The molecular weight excluding hydrogens is 633 g/mol. The van der Waals surface area contributed by atoms with E-state index in [1.165, 1.54) is 21.6 Å². The van der Waals surface area contributed by atoms with Crippen LogP contribution in [0.25, 0.3) is 27.7 Å². The van der Waals surface area contributed by atoms with Crippen molar-refractivity contribution in [3.8, 4) is 16.9 Å². The van der Waals surface area contributed by atoms with Crippen molar-refractivity contribution in [1.82, 2.24) is 24.0 Å². The van der Waals surface area contributed by atoms with E-state index in [1.807, 2.05) is 24.4 Å². The van der Waals surface area contributed by atoms with Crippen LogP contribution in [-0.2, 0) is 13.7 Å². The fourth-order valence-corrected chi connectivity index (χ4v) is 6.71. The Hall–Kier alpha value is -4.87. The number of halogens is 1. The number of aliphatic hydroxyl groups excluding tert-OH is 1. The Morgan fingerprint density at radius 3 is 2.46 bits per heavy atom. The van der Waals surface area contributed by atoms with E-state index in [9.17, 15) is 14.7 Å². The SMILES string of the molecule is Cn1cc(-c2cccc(-n3ccc4cc(C5CC5)cc(F)c4c3=O)c2CO)nc(Nc2ccc(N3CCN(CCC(C)(C)C)CC3)cn2)c1=O. The van der Waals surface area contributed by atoms with E-state index >= 15 is 4.39 Å². The molecule has 11 heteroatoms. The number of benzene rings is 2. The molecule has 2 fully saturated rings. The largest absolute Gasteiger partial charge is 0.392 e. The molecule has 0 unspecified atom stereocenters. The van der Waals surface area contributed by atoms with Crippen molar-refractivity contribution in [3.63, 3.8) is 0 Å². The zero-order chi connectivity index (χ0) is 35.2. The van der Waals surface area contributed by atoms with Gasteiger partial charge < -0.3 is 19.9 Å². The lowest BCUT2D eigenvalue weighted by atomic mass is 9.92. The van der Waals surface area contributed by atoms with Crippen molar-refractivity contribution in [3.05, 3.63) is 105 Å². The van der Waals surface area contributed by atoms with Gasteiger partial charge in [-0.1, -0.05) is 39.0 Å². The fourth-order valence-electron chi connectivity index (χ4n) is 6.71. The molecule has 50 heavy (non-hydrogen) atoms. The molecule has 7 rings (SSSR count). The van der Waals surface area contributed by atoms with Gasteiger partial charge in [-0.15, -0.1) is 0 Å². The van der Waals surface area contributed by atoms with E-state index in [1.54, 1.807) is 43.7 Å². The zero-order valence-corrected chi connectivity index (χ0v) is 29.1. The third kappa shape index (κ3) is 6.93. The van der Waals surface area contributed by atoms with Gasteiger partial charge in [0.1, 0.15) is 11.6 Å². The van der Waals surface area contributed by atoms with Crippen molar-refractivity contribution in [2.45, 2.75) is 52.6 Å². The van der Waals surface area contributed by atoms with Gasteiger partial charge in [0.05, 0.1) is 35.3 Å². The maximum absolute atomic E-state index is 15.3. The minimum atomic E-state index is -0.545. The smallest absolute Gasteiger partial charge is 0.293 e. The highest BCUT2D eigenvalue weighted by molar-refractivity contribution is 5.83. The second kappa shape index (κ2) is 13.4. The molecular formula is C39H44FN7O3. The summed E-state index contributed by atoms with van der Waals surface area (Å²) in [5, 5.41) is 14.3. The molecule has 1 saturated heterocycles. The number of pyridine rings is 2. The van der Waals surface area contributed by atoms with E-state index in [2.05, 4.69) is 45.9 Å². The lowest BCUT2D eigenvalue weighted by Gasteiger charge is -2.37. The molecule has 0 radical (unpaired) electrons. The highest BCUT2D eigenvalue weighted by Gasteiger charge is 2.26. The number of nitrogens with one attached hydrogen (secondary N) is 1. The third-order valence-electron chi connectivity index (χ3n) is 9.85. The van der Waals surface area contributed by atoms with Crippen LogP contribution in [0.2, 0.25) is 0 Å². The normalized spacial score (nSPS) is 15.5. The van der Waals surface area contributed by atoms with Crippen LogP contribution in [0.5, 0.6) is 0 Å². The van der Waals surface area contributed by atoms with Gasteiger partial charge in [-0.3, -0.25) is 19.1 Å². The first kappa shape index (κ1) is 33.6. The second-order valence-electron chi connectivity index (χ2n) is 14.8. The molecule has 10 nitrogen and oxygen atoms in total. The van der Waals surface area contributed by atoms with Crippen LogP contribution in [0.1, 0.15) is 57.1 Å². The molecule has 1 saturated carbocycles. The van der Waals surface area contributed by atoms with E-state index < -0.39 is 18.0 Å². The first-order valence-electron chi connectivity index (χ1n) is 17.4. The highest BCUT2D eigenvalue weighted by atomic mass is 19.1. The highest BCUT2D eigenvalue weighted by Crippen LogP contribution is 2.41. The molecule has 0 amide bonds. The number of aliphatic hydroxyl groups is 1. The van der Waals surface area contributed by atoms with Crippen LogP contribution in [-0.4, -0.2) is 61.8 Å². The first-order valence-corrected chi connectivity index (χ1v) is 17.4. The fraction of sp³-hybridized carbons (Fsp3) is 0.385. The maximum atomic E-state index is 15.3. The maximum Gasteiger partial charge on any atom is 0.293 e. The number of piperazine rings is 1. The minimum Gasteiger partial charge on any atom is -0.392 e. The summed E-state index contributed by atoms with van der Waals surface area (Å²) in [7, 11) is 1.63. The molecule has 2 aliphatic rings. The molecule has 0 bridgehead atoms. The molecule has 4 heterocycles. The Labute approximate surface area is 290 Å². The van der Waals surface area contributed by atoms with Gasteiger partial charge in [0, 0.05) is 56.7 Å². The standard InChI is InChI=1S/C39H44FN7O3/c1-39(2,3)13-15-45-16-18-46(19-17-45)28-10-11-34(41-22-28)43-36-38(50)44(4)23-32(42-36)29-6-5-7-33(30(29)24-48)47-14-12-26-20-27(25-8-9-25)21-31(40)35(26)37(47)49/h5-7,10-12,14,20-23,25,48H,8-9,13,15-19,24H2,1-4H3,(H,41,42,43). The van der Waals surface area contributed by atoms with Crippen molar-refractivity contribution in [2.75, 3.05) is 42.9 Å². The molecule has 2 N–H and O–H groups in total. The Morgan fingerprint density at radius 2 is 1.78 bits per heavy atom. The van der Waals surface area contributed by atoms with Crippen LogP contribution in [0.4, 0.5) is 21.7 Å². The molecule has 3 aromatic heterocycles. The predicted octanol–water partition coefficient (Wildman–Crippen LogP) is 5.96. The monoisotopic (exact) mass is 677 g/mol. The summed E-state index contributed by atoms with van der Waals surface area (Å²) in [6, 6.07) is 14.2. The Morgan fingerprint density at radius 1 is 1.00 bits per heavy atom. The quantitative estimate of drug-likeness (QED) is 0.197. The lowest BCUT2D eigenvalue weighted by molar-refractivity contribution is 0.217. The van der Waals surface area contributed by atoms with Gasteiger partial charge in [-0.2, -0.15) is 0 Å². The Bertz CT molecular complexity index is 2160. The topological polar surface area (TPSA) is 109 Å². The molecule has 260 valence electrons. The number of hydrogen-bond acceptors (Lipinski definition) is 8. The van der Waals surface area contributed by atoms with Gasteiger partial charge in [0.2, 0.25) is 0 Å². The summed E-state index contributed by atoms with van der Waals surface area (Å²) in [4.78, 5) is 41.0. The van der Waals surface area contributed by atoms with E-state index in [4.69, 9.17) is 0 Å². The summed E-state index contributed by atoms with van der Waals surface area (Å²) in [5.41, 5.74) is 3.17. The van der Waals surface area contributed by atoms with Gasteiger partial charge in [0.15, 0.2) is 5.82 Å². The Balaban J connectivity index is 1.13. The van der Waals surface area contributed by atoms with Crippen LogP contribution >= 0.6 is 0 Å². The number of aromatic nitrogens is 4. The van der Waals surface area contributed by atoms with Crippen molar-refractivity contribution >= 4 is 28.1 Å². The average Bonchev–Trinajstić information content (AvgIpc) is 3.95. The van der Waals surface area contributed by atoms with Crippen LogP contribution < -0.4 is 21.3 Å². The van der Waals surface area contributed by atoms with Crippen molar-refractivity contribution in [1.29, 1.82) is 0 Å². The Kier molecular flexibility index (Phi) is 9.04. The van der Waals surface area contributed by atoms with E-state index in [0.29, 0.717) is 45.0 Å². The van der Waals surface area contributed by atoms with Gasteiger partial charge in [0.25, 0.3) is 11.1 Å². The van der Waals surface area contributed by atoms with Crippen molar-refractivity contribution in [2.24, 2.45) is 12.5 Å². The van der Waals surface area contributed by atoms with Gasteiger partial charge >= 0.3 is 0 Å². The summed E-state index contributed by atoms with van der Waals surface area (Å²) in [5.74, 6) is 0.359.